The third-order valence-corrected chi connectivity index (χ3v) is 3.87. The number of amides is 1. The highest BCUT2D eigenvalue weighted by molar-refractivity contribution is 5.96. The van der Waals surface area contributed by atoms with E-state index in [0.29, 0.717) is 25.3 Å². The molecule has 0 bridgehead atoms. The Morgan fingerprint density at radius 1 is 1.20 bits per heavy atom. The summed E-state index contributed by atoms with van der Waals surface area (Å²) in [6, 6.07) is 14.8. The van der Waals surface area contributed by atoms with Gasteiger partial charge in [-0.1, -0.05) is 30.3 Å². The predicted molar refractivity (Wildman–Crippen MR) is 95.8 cm³/mol. The second-order valence-corrected chi connectivity index (χ2v) is 5.60. The average molecular weight is 337 g/mol. The Hall–Kier alpha value is -2.99. The molecule has 2 heterocycles. The molecule has 0 saturated heterocycles. The fourth-order valence-electron chi connectivity index (χ4n) is 2.64. The van der Waals surface area contributed by atoms with E-state index in [9.17, 15) is 9.59 Å². The van der Waals surface area contributed by atoms with Crippen LogP contribution in [0.1, 0.15) is 15.9 Å². The first-order valence-corrected chi connectivity index (χ1v) is 8.00. The van der Waals surface area contributed by atoms with Gasteiger partial charge in [0, 0.05) is 25.2 Å². The van der Waals surface area contributed by atoms with Crippen LogP contribution in [-0.4, -0.2) is 35.7 Å². The van der Waals surface area contributed by atoms with E-state index in [0.717, 1.165) is 10.9 Å². The van der Waals surface area contributed by atoms with E-state index < -0.39 is 5.91 Å². The summed E-state index contributed by atoms with van der Waals surface area (Å²) in [5, 5.41) is 3.44. The Labute approximate surface area is 145 Å². The smallest absolute Gasteiger partial charge is 0.265 e. The molecule has 6 heteroatoms. The molecule has 3 aromatic rings. The lowest BCUT2D eigenvalue weighted by atomic mass is 10.1. The Morgan fingerprint density at radius 2 is 2.00 bits per heavy atom. The fraction of sp³-hybridized carbons (Fsp3) is 0.211. The van der Waals surface area contributed by atoms with Crippen LogP contribution in [0.3, 0.4) is 0 Å². The third-order valence-electron chi connectivity index (χ3n) is 3.87. The zero-order chi connectivity index (χ0) is 17.6. The highest BCUT2D eigenvalue weighted by Crippen LogP contribution is 2.13. The van der Waals surface area contributed by atoms with Crippen molar-refractivity contribution < 1.29 is 9.53 Å². The molecule has 1 N–H and O–H groups in total. The van der Waals surface area contributed by atoms with Gasteiger partial charge in [-0.25, -0.2) is 4.98 Å². The number of aromatic nitrogens is 2. The number of hydrogen-bond donors (Lipinski definition) is 1. The summed E-state index contributed by atoms with van der Waals surface area (Å²) in [6.07, 6.45) is 1.64. The predicted octanol–water partition coefficient (Wildman–Crippen LogP) is 1.82. The van der Waals surface area contributed by atoms with Gasteiger partial charge in [0.25, 0.3) is 11.5 Å². The fourth-order valence-corrected chi connectivity index (χ4v) is 2.64. The summed E-state index contributed by atoms with van der Waals surface area (Å²) in [6.45, 7) is 1.09. The van der Waals surface area contributed by atoms with E-state index in [2.05, 4.69) is 10.3 Å². The number of hydrogen-bond acceptors (Lipinski definition) is 4. The minimum atomic E-state index is -0.408. The number of ether oxygens (including phenoxy) is 1. The molecule has 6 nitrogen and oxygen atoms in total. The van der Waals surface area contributed by atoms with Gasteiger partial charge in [0.1, 0.15) is 11.2 Å². The van der Waals surface area contributed by atoms with E-state index >= 15 is 0 Å². The first-order valence-electron chi connectivity index (χ1n) is 8.00. The Kier molecular flexibility index (Phi) is 5.20. The van der Waals surface area contributed by atoms with Crippen molar-refractivity contribution in [3.05, 3.63) is 76.2 Å². The Morgan fingerprint density at radius 3 is 2.76 bits per heavy atom. The number of pyridine rings is 2. The third kappa shape index (κ3) is 3.75. The molecule has 0 aliphatic carbocycles. The number of carbonyl (C=O) groups excluding carboxylic acids is 1. The molecule has 0 fully saturated rings. The van der Waals surface area contributed by atoms with Crippen molar-refractivity contribution >= 4 is 16.9 Å². The summed E-state index contributed by atoms with van der Waals surface area (Å²) in [7, 11) is 1.56. The number of methoxy groups -OCH3 is 1. The van der Waals surface area contributed by atoms with E-state index in [-0.39, 0.29) is 11.1 Å². The van der Waals surface area contributed by atoms with Gasteiger partial charge < -0.3 is 10.1 Å². The van der Waals surface area contributed by atoms with Crippen LogP contribution in [0.5, 0.6) is 0 Å². The monoisotopic (exact) mass is 337 g/mol. The van der Waals surface area contributed by atoms with Crippen molar-refractivity contribution in [2.24, 2.45) is 0 Å². The number of nitrogens with zero attached hydrogens (tertiary/aromatic N) is 2. The van der Waals surface area contributed by atoms with Gasteiger partial charge in [0.15, 0.2) is 0 Å². The van der Waals surface area contributed by atoms with Crippen LogP contribution < -0.4 is 10.9 Å². The molecule has 0 aliphatic rings. The lowest BCUT2D eigenvalue weighted by Crippen LogP contribution is -2.35. The second kappa shape index (κ2) is 7.72. The van der Waals surface area contributed by atoms with Crippen LogP contribution in [0.25, 0.3) is 11.0 Å². The molecular weight excluding hydrogens is 318 g/mol. The highest BCUT2D eigenvalue weighted by Gasteiger charge is 2.16. The van der Waals surface area contributed by atoms with Gasteiger partial charge in [0.2, 0.25) is 0 Å². The number of carbonyl (C=O) groups is 1. The molecular formula is C19H19N3O3. The standard InChI is InChI=1S/C19H19N3O3/c1-25-11-10-21-18(23)16-12-15-8-5-9-20-17(15)22(19(16)24)13-14-6-3-2-4-7-14/h2-9,12H,10-11,13H2,1H3,(H,21,23). The average Bonchev–Trinajstić information content (AvgIpc) is 2.65. The van der Waals surface area contributed by atoms with Gasteiger partial charge in [-0.05, 0) is 23.8 Å². The summed E-state index contributed by atoms with van der Waals surface area (Å²) in [4.78, 5) is 29.6. The molecule has 2 aromatic heterocycles. The topological polar surface area (TPSA) is 73.2 Å². The summed E-state index contributed by atoms with van der Waals surface area (Å²) >= 11 is 0. The van der Waals surface area contributed by atoms with E-state index in [1.165, 1.54) is 4.57 Å². The van der Waals surface area contributed by atoms with E-state index in [1.807, 2.05) is 36.4 Å². The number of rotatable bonds is 6. The minimum absolute atomic E-state index is 0.104. The SMILES string of the molecule is COCCNC(=O)c1cc2cccnc2n(Cc2ccccc2)c1=O. The number of fused-ring (bicyclic) bond motifs is 1. The summed E-state index contributed by atoms with van der Waals surface area (Å²) < 4.78 is 6.46. The molecule has 3 rings (SSSR count). The molecule has 0 aliphatic heterocycles. The van der Waals surface area contributed by atoms with Crippen molar-refractivity contribution in [1.29, 1.82) is 0 Å². The van der Waals surface area contributed by atoms with E-state index in [4.69, 9.17) is 4.74 Å². The van der Waals surface area contributed by atoms with Crippen LogP contribution in [-0.2, 0) is 11.3 Å². The van der Waals surface area contributed by atoms with Crippen molar-refractivity contribution in [2.45, 2.75) is 6.54 Å². The largest absolute Gasteiger partial charge is 0.383 e. The van der Waals surface area contributed by atoms with Crippen LogP contribution >= 0.6 is 0 Å². The zero-order valence-electron chi connectivity index (χ0n) is 13.9. The lowest BCUT2D eigenvalue weighted by molar-refractivity contribution is 0.0935. The molecule has 1 aromatic carbocycles. The maximum absolute atomic E-state index is 12.9. The highest BCUT2D eigenvalue weighted by atomic mass is 16.5. The number of benzene rings is 1. The van der Waals surface area contributed by atoms with E-state index in [1.54, 1.807) is 25.4 Å². The van der Waals surface area contributed by atoms with Crippen LogP contribution in [0.15, 0.2) is 59.5 Å². The quantitative estimate of drug-likeness (QED) is 0.697. The lowest BCUT2D eigenvalue weighted by Gasteiger charge is -2.12. The molecule has 1 amide bonds. The van der Waals surface area contributed by atoms with Crippen LogP contribution in [0.2, 0.25) is 0 Å². The van der Waals surface area contributed by atoms with Gasteiger partial charge in [0.05, 0.1) is 13.2 Å². The Bertz CT molecular complexity index is 936. The molecule has 128 valence electrons. The maximum Gasteiger partial charge on any atom is 0.265 e. The van der Waals surface area contributed by atoms with Crippen LogP contribution in [0, 0.1) is 0 Å². The molecule has 0 atom stereocenters. The van der Waals surface area contributed by atoms with Gasteiger partial charge in [-0.3, -0.25) is 14.2 Å². The molecule has 0 spiro atoms. The summed E-state index contributed by atoms with van der Waals surface area (Å²) in [5.74, 6) is -0.408. The van der Waals surface area contributed by atoms with Crippen molar-refractivity contribution in [1.82, 2.24) is 14.9 Å². The molecule has 25 heavy (non-hydrogen) atoms. The van der Waals surface area contributed by atoms with Crippen molar-refractivity contribution in [3.8, 4) is 0 Å². The van der Waals surface area contributed by atoms with Gasteiger partial charge >= 0.3 is 0 Å². The van der Waals surface area contributed by atoms with Crippen molar-refractivity contribution in [2.75, 3.05) is 20.3 Å². The maximum atomic E-state index is 12.9. The van der Waals surface area contributed by atoms with Gasteiger partial charge in [-0.15, -0.1) is 0 Å². The summed E-state index contributed by atoms with van der Waals surface area (Å²) in [5.41, 5.74) is 1.27. The number of nitrogens with one attached hydrogen (secondary N) is 1. The normalized spacial score (nSPS) is 10.8. The van der Waals surface area contributed by atoms with Crippen LogP contribution in [0.4, 0.5) is 0 Å². The first kappa shape index (κ1) is 16.9. The Balaban J connectivity index is 2.06. The second-order valence-electron chi connectivity index (χ2n) is 5.60. The van der Waals surface area contributed by atoms with Gasteiger partial charge in [-0.2, -0.15) is 0 Å². The molecule has 0 saturated carbocycles. The van der Waals surface area contributed by atoms with Crippen molar-refractivity contribution in [3.63, 3.8) is 0 Å². The zero-order valence-corrected chi connectivity index (χ0v) is 13.9. The molecule has 0 radical (unpaired) electrons. The first-order chi connectivity index (χ1) is 12.2. The molecule has 0 unspecified atom stereocenters. The minimum Gasteiger partial charge on any atom is -0.383 e.